The first-order chi connectivity index (χ1) is 14.3. The molecule has 0 saturated carbocycles. The van der Waals surface area contributed by atoms with Gasteiger partial charge in [-0.25, -0.2) is 9.59 Å². The number of nitrogens with two attached hydrogens (primary N) is 3. The second-order valence-corrected chi connectivity index (χ2v) is 6.36. The summed E-state index contributed by atoms with van der Waals surface area (Å²) in [6.45, 7) is 1.19. The van der Waals surface area contributed by atoms with Crippen molar-refractivity contribution in [2.45, 2.75) is 25.3 Å². The molecule has 0 bridgehead atoms. The van der Waals surface area contributed by atoms with Gasteiger partial charge in [0.05, 0.1) is 5.56 Å². The van der Waals surface area contributed by atoms with Gasteiger partial charge in [-0.05, 0) is 55.6 Å². The van der Waals surface area contributed by atoms with E-state index in [1.807, 2.05) is 18.2 Å². The zero-order valence-electron chi connectivity index (χ0n) is 16.7. The van der Waals surface area contributed by atoms with Crippen LogP contribution in [0.5, 0.6) is 5.75 Å². The van der Waals surface area contributed by atoms with Crippen LogP contribution >= 0.6 is 0 Å². The molecule has 0 aromatic heterocycles. The Morgan fingerprint density at radius 1 is 1.10 bits per heavy atom. The fourth-order valence-corrected chi connectivity index (χ4v) is 2.33. The number of carbonyl (C=O) groups excluding carboxylic acids is 1. The molecule has 2 rings (SSSR count). The Morgan fingerprint density at radius 2 is 1.73 bits per heavy atom. The third kappa shape index (κ3) is 10.2. The van der Waals surface area contributed by atoms with Crippen LogP contribution < -0.4 is 27.3 Å². The van der Waals surface area contributed by atoms with Crippen molar-refractivity contribution in [3.63, 3.8) is 0 Å². The number of carboxylic acids is 1. The fourth-order valence-electron chi connectivity index (χ4n) is 2.33. The number of hydrogen-bond acceptors (Lipinski definition) is 6. The van der Waals surface area contributed by atoms with Gasteiger partial charge in [0.25, 0.3) is 0 Å². The Kier molecular flexibility index (Phi) is 11.2. The van der Waals surface area contributed by atoms with Crippen molar-refractivity contribution in [3.8, 4) is 5.75 Å². The smallest absolute Gasteiger partial charge is 0.335 e. The molecule has 2 aromatic rings. The van der Waals surface area contributed by atoms with Crippen molar-refractivity contribution < 1.29 is 19.4 Å². The molecule has 0 aliphatic rings. The van der Waals surface area contributed by atoms with E-state index in [2.05, 4.69) is 17.4 Å². The van der Waals surface area contributed by atoms with Gasteiger partial charge >= 0.3 is 11.9 Å². The van der Waals surface area contributed by atoms with E-state index in [0.717, 1.165) is 13.0 Å². The first-order valence-corrected chi connectivity index (χ1v) is 9.46. The Morgan fingerprint density at radius 3 is 2.27 bits per heavy atom. The van der Waals surface area contributed by atoms with Crippen molar-refractivity contribution >= 4 is 17.9 Å². The molecule has 0 amide bonds. The molecular weight excluding hydrogens is 386 g/mol. The van der Waals surface area contributed by atoms with E-state index in [0.29, 0.717) is 19.4 Å². The highest BCUT2D eigenvalue weighted by atomic mass is 16.5. The quantitative estimate of drug-likeness (QED) is 0.116. The molecule has 0 unspecified atom stereocenters. The van der Waals surface area contributed by atoms with Crippen LogP contribution in [-0.4, -0.2) is 42.1 Å². The average Bonchev–Trinajstić information content (AvgIpc) is 2.73. The standard InChI is InChI=1S/C13H18N4O4.C8H11N/c14-10(2-1-7-17-13(15)16)12(20)21-9-5-3-8(4-6-9)11(18)19;9-7-6-8-4-2-1-3-5-8/h3-6,10H,1-2,7,14H2,(H,18,19)(H4,15,16,17);1-5H,6-7,9H2/t10-;/m0./s1. The normalized spacial score (nSPS) is 10.9. The van der Waals surface area contributed by atoms with E-state index in [1.54, 1.807) is 0 Å². The monoisotopic (exact) mass is 415 g/mol. The first kappa shape index (κ1) is 24.6. The van der Waals surface area contributed by atoms with Crippen LogP contribution in [0.1, 0.15) is 28.8 Å². The lowest BCUT2D eigenvalue weighted by atomic mass is 10.1. The van der Waals surface area contributed by atoms with E-state index in [1.165, 1.54) is 29.8 Å². The van der Waals surface area contributed by atoms with Crippen LogP contribution in [0.2, 0.25) is 0 Å². The number of rotatable bonds is 9. The van der Waals surface area contributed by atoms with Crippen molar-refractivity contribution in [2.75, 3.05) is 13.1 Å². The van der Waals surface area contributed by atoms with Gasteiger partial charge < -0.3 is 32.4 Å². The van der Waals surface area contributed by atoms with Crippen molar-refractivity contribution in [1.82, 2.24) is 5.32 Å². The second-order valence-electron chi connectivity index (χ2n) is 6.36. The van der Waals surface area contributed by atoms with E-state index in [4.69, 9.17) is 32.5 Å². The highest BCUT2D eigenvalue weighted by molar-refractivity contribution is 5.87. The predicted molar refractivity (Wildman–Crippen MR) is 115 cm³/mol. The van der Waals surface area contributed by atoms with Gasteiger partial charge in [0, 0.05) is 6.54 Å². The Hall–Kier alpha value is -3.43. The number of hydrogen-bond donors (Lipinski definition) is 6. The van der Waals surface area contributed by atoms with Gasteiger partial charge in [-0.3, -0.25) is 5.41 Å². The summed E-state index contributed by atoms with van der Waals surface area (Å²) < 4.78 is 5.04. The Labute approximate surface area is 175 Å². The van der Waals surface area contributed by atoms with E-state index in [9.17, 15) is 9.59 Å². The lowest BCUT2D eigenvalue weighted by Gasteiger charge is -2.11. The maximum Gasteiger partial charge on any atom is 0.335 e. The molecule has 0 fully saturated rings. The molecular formula is C21H29N5O4. The van der Waals surface area contributed by atoms with Crippen LogP contribution in [0, 0.1) is 5.41 Å². The molecule has 1 atom stereocenters. The van der Waals surface area contributed by atoms with Crippen LogP contribution in [-0.2, 0) is 11.2 Å². The van der Waals surface area contributed by atoms with Gasteiger partial charge in [-0.1, -0.05) is 30.3 Å². The summed E-state index contributed by atoms with van der Waals surface area (Å²) in [4.78, 5) is 22.4. The second kappa shape index (κ2) is 13.7. The zero-order chi connectivity index (χ0) is 22.4. The predicted octanol–water partition coefficient (Wildman–Crippen LogP) is 1.07. The molecule has 0 heterocycles. The summed E-state index contributed by atoms with van der Waals surface area (Å²) in [6, 6.07) is 14.9. The van der Waals surface area contributed by atoms with Gasteiger partial charge in [-0.2, -0.15) is 0 Å². The van der Waals surface area contributed by atoms with Gasteiger partial charge in [0.15, 0.2) is 5.96 Å². The number of benzene rings is 2. The molecule has 9 N–H and O–H groups in total. The highest BCUT2D eigenvalue weighted by Gasteiger charge is 2.15. The zero-order valence-corrected chi connectivity index (χ0v) is 16.7. The molecule has 0 aliphatic heterocycles. The van der Waals surface area contributed by atoms with Crippen LogP contribution in [0.3, 0.4) is 0 Å². The average molecular weight is 415 g/mol. The van der Waals surface area contributed by atoms with E-state index in [-0.39, 0.29) is 17.3 Å². The maximum atomic E-state index is 11.7. The number of carbonyl (C=O) groups is 2. The molecule has 9 nitrogen and oxygen atoms in total. The first-order valence-electron chi connectivity index (χ1n) is 9.46. The topological polar surface area (TPSA) is 178 Å². The van der Waals surface area contributed by atoms with Crippen LogP contribution in [0.25, 0.3) is 0 Å². The lowest BCUT2D eigenvalue weighted by molar-refractivity contribution is -0.136. The lowest BCUT2D eigenvalue weighted by Crippen LogP contribution is -2.36. The summed E-state index contributed by atoms with van der Waals surface area (Å²) in [5.41, 5.74) is 17.6. The van der Waals surface area contributed by atoms with Crippen molar-refractivity contribution in [1.29, 1.82) is 5.41 Å². The molecule has 0 radical (unpaired) electrons. The third-order valence-corrected chi connectivity index (χ3v) is 3.91. The van der Waals surface area contributed by atoms with E-state index >= 15 is 0 Å². The minimum atomic E-state index is -1.05. The molecule has 162 valence electrons. The molecule has 9 heteroatoms. The summed E-state index contributed by atoms with van der Waals surface area (Å²) in [5.74, 6) is -1.55. The van der Waals surface area contributed by atoms with Gasteiger partial charge in [0.1, 0.15) is 11.8 Å². The Balaban J connectivity index is 0.000000414. The van der Waals surface area contributed by atoms with Crippen molar-refractivity contribution in [2.24, 2.45) is 17.2 Å². The maximum absolute atomic E-state index is 11.7. The summed E-state index contributed by atoms with van der Waals surface area (Å²) >= 11 is 0. The summed E-state index contributed by atoms with van der Waals surface area (Å²) in [5, 5.41) is 18.3. The van der Waals surface area contributed by atoms with E-state index < -0.39 is 18.0 Å². The number of aromatic carboxylic acids is 1. The fraction of sp³-hybridized carbons (Fsp3) is 0.286. The SMILES string of the molecule is N=C(N)NCCC[C@H](N)C(=O)Oc1ccc(C(=O)O)cc1.NCCc1ccccc1. The largest absolute Gasteiger partial charge is 0.478 e. The number of carboxylic acid groups (broad SMARTS) is 1. The van der Waals surface area contributed by atoms with Crippen molar-refractivity contribution in [3.05, 3.63) is 65.7 Å². The molecule has 30 heavy (non-hydrogen) atoms. The number of guanidine groups is 1. The summed E-state index contributed by atoms with van der Waals surface area (Å²) in [6.07, 6.45) is 1.93. The minimum Gasteiger partial charge on any atom is -0.478 e. The summed E-state index contributed by atoms with van der Waals surface area (Å²) in [7, 11) is 0. The van der Waals surface area contributed by atoms with Gasteiger partial charge in [0.2, 0.25) is 0 Å². The minimum absolute atomic E-state index is 0.106. The van der Waals surface area contributed by atoms with Gasteiger partial charge in [-0.15, -0.1) is 0 Å². The third-order valence-electron chi connectivity index (χ3n) is 3.91. The molecule has 2 aromatic carbocycles. The number of esters is 1. The number of nitrogens with one attached hydrogen (secondary N) is 2. The van der Waals surface area contributed by atoms with Crippen LogP contribution in [0.4, 0.5) is 0 Å². The number of ether oxygens (including phenoxy) is 1. The van der Waals surface area contributed by atoms with Crippen LogP contribution in [0.15, 0.2) is 54.6 Å². The highest BCUT2D eigenvalue weighted by Crippen LogP contribution is 2.13. The molecule has 0 saturated heterocycles. The molecule has 0 spiro atoms. The molecule has 0 aliphatic carbocycles. The Bertz CT molecular complexity index is 797.